The van der Waals surface area contributed by atoms with E-state index in [4.69, 9.17) is 22.1 Å². The standard InChI is InChI=1S/C14H21ClN2O2/c1-5-6-17(9(2)3)13-11(14(18)19-4)7-10(16)8-12(13)15/h7-9H,5-6,16H2,1-4H3. The summed E-state index contributed by atoms with van der Waals surface area (Å²) in [4.78, 5) is 14.0. The topological polar surface area (TPSA) is 55.6 Å². The highest BCUT2D eigenvalue weighted by molar-refractivity contribution is 6.34. The van der Waals surface area contributed by atoms with E-state index in [2.05, 4.69) is 25.7 Å². The van der Waals surface area contributed by atoms with Crippen LogP contribution in [0.2, 0.25) is 5.02 Å². The quantitative estimate of drug-likeness (QED) is 0.665. The van der Waals surface area contributed by atoms with E-state index in [1.807, 2.05) is 0 Å². The molecule has 0 spiro atoms. The number of hydrogen-bond acceptors (Lipinski definition) is 4. The number of carbonyl (C=O) groups is 1. The molecule has 19 heavy (non-hydrogen) atoms. The first-order chi connectivity index (χ1) is 8.92. The van der Waals surface area contributed by atoms with Crippen molar-refractivity contribution >= 4 is 28.9 Å². The van der Waals surface area contributed by atoms with Crippen molar-refractivity contribution in [3.05, 3.63) is 22.7 Å². The van der Waals surface area contributed by atoms with Gasteiger partial charge in [0.05, 0.1) is 23.4 Å². The van der Waals surface area contributed by atoms with Crippen LogP contribution in [0.15, 0.2) is 12.1 Å². The lowest BCUT2D eigenvalue weighted by atomic mass is 10.1. The van der Waals surface area contributed by atoms with Gasteiger partial charge in [-0.3, -0.25) is 0 Å². The lowest BCUT2D eigenvalue weighted by Crippen LogP contribution is -2.33. The summed E-state index contributed by atoms with van der Waals surface area (Å²) in [5.41, 5.74) is 7.32. The van der Waals surface area contributed by atoms with Crippen LogP contribution in [-0.2, 0) is 4.74 Å². The molecule has 0 saturated carbocycles. The molecule has 0 saturated heterocycles. The summed E-state index contributed by atoms with van der Waals surface area (Å²) in [6, 6.07) is 3.50. The molecule has 0 fully saturated rings. The number of methoxy groups -OCH3 is 1. The number of benzene rings is 1. The summed E-state index contributed by atoms with van der Waals surface area (Å²) in [5.74, 6) is -0.425. The third kappa shape index (κ3) is 3.53. The first-order valence-corrected chi connectivity index (χ1v) is 6.74. The van der Waals surface area contributed by atoms with Gasteiger partial charge in [-0.15, -0.1) is 0 Å². The molecular formula is C14H21ClN2O2. The van der Waals surface area contributed by atoms with Gasteiger partial charge >= 0.3 is 5.97 Å². The van der Waals surface area contributed by atoms with Crippen LogP contribution < -0.4 is 10.6 Å². The van der Waals surface area contributed by atoms with Crippen LogP contribution in [0, 0.1) is 0 Å². The fourth-order valence-corrected chi connectivity index (χ4v) is 2.38. The van der Waals surface area contributed by atoms with Crippen molar-refractivity contribution in [3.63, 3.8) is 0 Å². The molecule has 4 nitrogen and oxygen atoms in total. The molecule has 0 unspecified atom stereocenters. The third-order valence-corrected chi connectivity index (χ3v) is 3.15. The number of nitrogens with zero attached hydrogens (tertiary/aromatic N) is 1. The summed E-state index contributed by atoms with van der Waals surface area (Å²) in [6.07, 6.45) is 0.958. The predicted molar refractivity (Wildman–Crippen MR) is 80.0 cm³/mol. The number of carbonyl (C=O) groups excluding carboxylic acids is 1. The highest BCUT2D eigenvalue weighted by Crippen LogP contribution is 2.34. The Morgan fingerprint density at radius 2 is 2.11 bits per heavy atom. The molecule has 0 aromatic heterocycles. The average Bonchev–Trinajstić information content (AvgIpc) is 2.34. The molecule has 0 heterocycles. The molecule has 1 aromatic rings. The van der Waals surface area contributed by atoms with E-state index in [1.165, 1.54) is 7.11 Å². The summed E-state index contributed by atoms with van der Waals surface area (Å²) < 4.78 is 4.82. The predicted octanol–water partition coefficient (Wildman–Crippen LogP) is 3.33. The molecular weight excluding hydrogens is 264 g/mol. The average molecular weight is 285 g/mol. The molecule has 1 aromatic carbocycles. The Morgan fingerprint density at radius 1 is 1.47 bits per heavy atom. The van der Waals surface area contributed by atoms with Crippen LogP contribution in [0.25, 0.3) is 0 Å². The molecule has 1 rings (SSSR count). The number of nitrogen functional groups attached to an aromatic ring is 1. The van der Waals surface area contributed by atoms with Gasteiger partial charge in [0.25, 0.3) is 0 Å². The van der Waals surface area contributed by atoms with Gasteiger partial charge < -0.3 is 15.4 Å². The minimum absolute atomic E-state index is 0.226. The van der Waals surface area contributed by atoms with Gasteiger partial charge in [0.15, 0.2) is 0 Å². The number of ether oxygens (including phenoxy) is 1. The fourth-order valence-electron chi connectivity index (χ4n) is 2.05. The number of hydrogen-bond donors (Lipinski definition) is 1. The summed E-state index contributed by atoms with van der Waals surface area (Å²) in [7, 11) is 1.35. The van der Waals surface area contributed by atoms with Crippen LogP contribution in [0.3, 0.4) is 0 Å². The minimum atomic E-state index is -0.425. The Kier molecular flexibility index (Phi) is 5.48. The van der Waals surface area contributed by atoms with Gasteiger partial charge in [0.2, 0.25) is 0 Å². The molecule has 0 amide bonds. The maximum atomic E-state index is 11.9. The van der Waals surface area contributed by atoms with Crippen molar-refractivity contribution in [2.45, 2.75) is 33.2 Å². The number of esters is 1. The molecule has 0 aliphatic carbocycles. The molecule has 2 N–H and O–H groups in total. The van der Waals surface area contributed by atoms with E-state index in [9.17, 15) is 4.79 Å². The summed E-state index contributed by atoms with van der Waals surface area (Å²) in [5, 5.41) is 0.475. The van der Waals surface area contributed by atoms with Crippen LogP contribution in [0.1, 0.15) is 37.6 Å². The van der Waals surface area contributed by atoms with Gasteiger partial charge in [-0.05, 0) is 32.4 Å². The Balaban J connectivity index is 3.41. The van der Waals surface area contributed by atoms with Crippen LogP contribution in [0.5, 0.6) is 0 Å². The van der Waals surface area contributed by atoms with E-state index in [-0.39, 0.29) is 6.04 Å². The second-order valence-corrected chi connectivity index (χ2v) is 5.08. The molecule has 0 radical (unpaired) electrons. The van der Waals surface area contributed by atoms with E-state index >= 15 is 0 Å². The second-order valence-electron chi connectivity index (χ2n) is 4.68. The Labute approximate surface area is 119 Å². The maximum absolute atomic E-state index is 11.9. The second kappa shape index (κ2) is 6.66. The maximum Gasteiger partial charge on any atom is 0.340 e. The summed E-state index contributed by atoms with van der Waals surface area (Å²) >= 11 is 6.28. The number of anilines is 2. The molecule has 106 valence electrons. The highest BCUT2D eigenvalue weighted by atomic mass is 35.5. The van der Waals surface area contributed by atoms with Gasteiger partial charge in [0, 0.05) is 18.3 Å². The zero-order chi connectivity index (χ0) is 14.6. The van der Waals surface area contributed by atoms with Gasteiger partial charge in [-0.1, -0.05) is 18.5 Å². The zero-order valence-corrected chi connectivity index (χ0v) is 12.6. The Hall–Kier alpha value is -1.42. The van der Waals surface area contributed by atoms with Gasteiger partial charge in [-0.25, -0.2) is 4.79 Å². The van der Waals surface area contributed by atoms with E-state index in [0.717, 1.165) is 13.0 Å². The number of nitrogens with two attached hydrogens (primary N) is 1. The molecule has 0 bridgehead atoms. The van der Waals surface area contributed by atoms with Crippen molar-refractivity contribution < 1.29 is 9.53 Å². The lowest BCUT2D eigenvalue weighted by Gasteiger charge is -2.31. The van der Waals surface area contributed by atoms with Crippen molar-refractivity contribution in [1.82, 2.24) is 0 Å². The van der Waals surface area contributed by atoms with Gasteiger partial charge in [-0.2, -0.15) is 0 Å². The van der Waals surface area contributed by atoms with E-state index < -0.39 is 5.97 Å². The molecule has 0 atom stereocenters. The van der Waals surface area contributed by atoms with Crippen molar-refractivity contribution in [1.29, 1.82) is 0 Å². The number of halogens is 1. The SMILES string of the molecule is CCCN(c1c(Cl)cc(N)cc1C(=O)OC)C(C)C. The Bertz CT molecular complexity index is 461. The monoisotopic (exact) mass is 284 g/mol. The normalized spacial score (nSPS) is 10.6. The third-order valence-electron chi connectivity index (χ3n) is 2.87. The van der Waals surface area contributed by atoms with Crippen molar-refractivity contribution in [2.75, 3.05) is 24.3 Å². The first-order valence-electron chi connectivity index (χ1n) is 6.36. The van der Waals surface area contributed by atoms with E-state index in [0.29, 0.717) is 22.0 Å². The minimum Gasteiger partial charge on any atom is -0.465 e. The summed E-state index contributed by atoms with van der Waals surface area (Å²) in [6.45, 7) is 7.01. The largest absolute Gasteiger partial charge is 0.465 e. The zero-order valence-electron chi connectivity index (χ0n) is 11.9. The fraction of sp³-hybridized carbons (Fsp3) is 0.500. The van der Waals surface area contributed by atoms with Crippen LogP contribution in [-0.4, -0.2) is 25.7 Å². The van der Waals surface area contributed by atoms with Crippen molar-refractivity contribution in [2.24, 2.45) is 0 Å². The molecule has 5 heteroatoms. The van der Waals surface area contributed by atoms with Crippen LogP contribution >= 0.6 is 11.6 Å². The van der Waals surface area contributed by atoms with Crippen LogP contribution in [0.4, 0.5) is 11.4 Å². The lowest BCUT2D eigenvalue weighted by molar-refractivity contribution is 0.0601. The molecule has 0 aliphatic heterocycles. The Morgan fingerprint density at radius 3 is 2.58 bits per heavy atom. The van der Waals surface area contributed by atoms with Crippen molar-refractivity contribution in [3.8, 4) is 0 Å². The number of rotatable bonds is 5. The van der Waals surface area contributed by atoms with Gasteiger partial charge in [0.1, 0.15) is 0 Å². The first kappa shape index (κ1) is 15.6. The molecule has 0 aliphatic rings. The highest BCUT2D eigenvalue weighted by Gasteiger charge is 2.22. The van der Waals surface area contributed by atoms with E-state index in [1.54, 1.807) is 12.1 Å². The smallest absolute Gasteiger partial charge is 0.340 e.